The molecule has 242 valence electrons. The van der Waals surface area contributed by atoms with Crippen LogP contribution in [0.15, 0.2) is 170 Å². The molecule has 0 N–H and O–H groups in total. The fourth-order valence-electron chi connectivity index (χ4n) is 7.90. The molecular weight excluding hydrogens is 653 g/mol. The minimum Gasteiger partial charge on any atom is -0.308 e. The molecule has 11 aromatic rings. The first-order valence-corrected chi connectivity index (χ1v) is 18.3. The molecule has 0 spiro atoms. The van der Waals surface area contributed by atoms with Crippen molar-refractivity contribution in [2.45, 2.75) is 0 Å². The molecule has 0 saturated carbocycles. The molecule has 0 amide bonds. The predicted molar refractivity (Wildman–Crippen MR) is 218 cm³/mol. The van der Waals surface area contributed by atoms with Crippen LogP contribution in [-0.4, -0.2) is 19.5 Å². The first kappa shape index (κ1) is 29.1. The Kier molecular flexibility index (Phi) is 6.39. The van der Waals surface area contributed by atoms with Crippen LogP contribution in [0, 0.1) is 0 Å². The van der Waals surface area contributed by atoms with Gasteiger partial charge in [0.25, 0.3) is 0 Å². The summed E-state index contributed by atoms with van der Waals surface area (Å²) in [5, 5.41) is 7.76. The minimum atomic E-state index is 0.675. The number of fused-ring (bicyclic) bond motifs is 11. The molecule has 52 heavy (non-hydrogen) atoms. The highest BCUT2D eigenvalue weighted by atomic mass is 32.1. The number of hydrogen-bond donors (Lipinski definition) is 0. The van der Waals surface area contributed by atoms with Crippen molar-refractivity contribution < 1.29 is 0 Å². The summed E-state index contributed by atoms with van der Waals surface area (Å²) in [6.45, 7) is 0. The van der Waals surface area contributed by atoms with E-state index >= 15 is 0 Å². The Hall–Kier alpha value is -6.69. The van der Waals surface area contributed by atoms with Crippen molar-refractivity contribution in [3.63, 3.8) is 0 Å². The maximum absolute atomic E-state index is 5.16. The molecule has 7 aromatic carbocycles. The zero-order valence-electron chi connectivity index (χ0n) is 27.9. The third kappa shape index (κ3) is 4.36. The standard InChI is InChI=1S/C47H28N4S/c1-2-11-29(12-3-1)30-20-22-31(23-21-30)43-44-38(17-10-28-48-44)49-47(50-43)32-24-26-33(27-25-32)51-39-18-8-6-15-36(39)41-34-13-4-5-14-35(34)42-37-16-7-9-19-40(37)52-46(42)45(41)51/h1-28H. The van der Waals surface area contributed by atoms with Crippen molar-refractivity contribution >= 4 is 75.1 Å². The van der Waals surface area contributed by atoms with Gasteiger partial charge in [-0.15, -0.1) is 11.3 Å². The Labute approximate surface area is 302 Å². The smallest absolute Gasteiger partial charge is 0.160 e. The van der Waals surface area contributed by atoms with E-state index in [1.165, 1.54) is 58.3 Å². The van der Waals surface area contributed by atoms with Crippen LogP contribution >= 0.6 is 11.3 Å². The second-order valence-corrected chi connectivity index (χ2v) is 14.2. The fraction of sp³-hybridized carbons (Fsp3) is 0. The van der Waals surface area contributed by atoms with Crippen LogP contribution in [0.5, 0.6) is 0 Å². The van der Waals surface area contributed by atoms with Crippen LogP contribution in [0.2, 0.25) is 0 Å². The van der Waals surface area contributed by atoms with Crippen molar-refractivity contribution in [2.75, 3.05) is 0 Å². The van der Waals surface area contributed by atoms with Gasteiger partial charge in [-0.3, -0.25) is 4.98 Å². The summed E-state index contributed by atoms with van der Waals surface area (Å²) in [5.74, 6) is 0.675. The lowest BCUT2D eigenvalue weighted by Gasteiger charge is -2.12. The molecule has 0 unspecified atom stereocenters. The Balaban J connectivity index is 1.10. The van der Waals surface area contributed by atoms with Crippen LogP contribution in [0.25, 0.3) is 103 Å². The topological polar surface area (TPSA) is 43.6 Å². The van der Waals surface area contributed by atoms with Gasteiger partial charge in [0, 0.05) is 49.3 Å². The maximum atomic E-state index is 5.16. The molecule has 0 saturated heterocycles. The van der Waals surface area contributed by atoms with E-state index in [4.69, 9.17) is 15.0 Å². The van der Waals surface area contributed by atoms with E-state index in [9.17, 15) is 0 Å². The Morgan fingerprint density at radius 2 is 1.10 bits per heavy atom. The molecule has 0 fully saturated rings. The molecule has 0 atom stereocenters. The normalized spacial score (nSPS) is 11.8. The predicted octanol–water partition coefficient (Wildman–Crippen LogP) is 12.6. The number of rotatable bonds is 4. The van der Waals surface area contributed by atoms with E-state index in [0.29, 0.717) is 5.82 Å². The van der Waals surface area contributed by atoms with Gasteiger partial charge < -0.3 is 4.57 Å². The maximum Gasteiger partial charge on any atom is 0.160 e. The number of hydrogen-bond acceptors (Lipinski definition) is 4. The molecule has 4 aromatic heterocycles. The number of pyridine rings is 1. The molecule has 0 aliphatic carbocycles. The summed E-state index contributed by atoms with van der Waals surface area (Å²) < 4.78 is 5.06. The highest BCUT2D eigenvalue weighted by molar-refractivity contribution is 7.27. The summed E-state index contributed by atoms with van der Waals surface area (Å²) >= 11 is 1.88. The SMILES string of the molecule is c1ccc(-c2ccc(-c3nc(-c4ccc(-n5c6ccccc6c6c7ccccc7c7c8ccccc8sc7c65)cc4)nc4cccnc34)cc2)cc1. The van der Waals surface area contributed by atoms with Gasteiger partial charge in [-0.2, -0.15) is 0 Å². The Morgan fingerprint density at radius 1 is 0.462 bits per heavy atom. The number of aromatic nitrogens is 4. The van der Waals surface area contributed by atoms with Gasteiger partial charge in [0.15, 0.2) is 5.82 Å². The van der Waals surface area contributed by atoms with Gasteiger partial charge in [0.05, 0.1) is 21.3 Å². The van der Waals surface area contributed by atoms with Crippen molar-refractivity contribution in [2.24, 2.45) is 0 Å². The number of nitrogens with zero attached hydrogens (tertiary/aromatic N) is 4. The van der Waals surface area contributed by atoms with Crippen molar-refractivity contribution in [1.29, 1.82) is 0 Å². The first-order chi connectivity index (χ1) is 25.8. The zero-order chi connectivity index (χ0) is 34.2. The summed E-state index contributed by atoms with van der Waals surface area (Å²) in [6.07, 6.45) is 1.81. The molecule has 5 heteroatoms. The molecule has 0 aliphatic heterocycles. The van der Waals surface area contributed by atoms with Gasteiger partial charge in [-0.05, 0) is 70.4 Å². The van der Waals surface area contributed by atoms with Crippen LogP contribution in [0.4, 0.5) is 0 Å². The molecule has 4 heterocycles. The summed E-state index contributed by atoms with van der Waals surface area (Å²) in [4.78, 5) is 14.9. The van der Waals surface area contributed by atoms with Gasteiger partial charge in [0.1, 0.15) is 11.2 Å². The van der Waals surface area contributed by atoms with Gasteiger partial charge in [-0.25, -0.2) is 9.97 Å². The van der Waals surface area contributed by atoms with Gasteiger partial charge >= 0.3 is 0 Å². The lowest BCUT2D eigenvalue weighted by molar-refractivity contribution is 1.18. The van der Waals surface area contributed by atoms with E-state index < -0.39 is 0 Å². The van der Waals surface area contributed by atoms with E-state index in [1.54, 1.807) is 0 Å². The molecular formula is C47H28N4S. The van der Waals surface area contributed by atoms with E-state index in [2.05, 4.69) is 150 Å². The van der Waals surface area contributed by atoms with Crippen molar-refractivity contribution in [3.05, 3.63) is 170 Å². The second kappa shape index (κ2) is 11.4. The molecule has 11 rings (SSSR count). The third-order valence-corrected chi connectivity index (χ3v) is 11.4. The van der Waals surface area contributed by atoms with Gasteiger partial charge in [-0.1, -0.05) is 115 Å². The van der Waals surface area contributed by atoms with Gasteiger partial charge in [0.2, 0.25) is 0 Å². The Bertz CT molecular complexity index is 3160. The fourth-order valence-corrected chi connectivity index (χ4v) is 9.16. The quantitative estimate of drug-likeness (QED) is 0.186. The minimum absolute atomic E-state index is 0.675. The van der Waals surface area contributed by atoms with Crippen LogP contribution < -0.4 is 0 Å². The largest absolute Gasteiger partial charge is 0.308 e. The van der Waals surface area contributed by atoms with Crippen LogP contribution in [0.1, 0.15) is 0 Å². The summed E-state index contributed by atoms with van der Waals surface area (Å²) in [7, 11) is 0. The lowest BCUT2D eigenvalue weighted by atomic mass is 9.99. The summed E-state index contributed by atoms with van der Waals surface area (Å²) in [6, 6.07) is 58.1. The second-order valence-electron chi connectivity index (χ2n) is 13.2. The highest BCUT2D eigenvalue weighted by Gasteiger charge is 2.22. The van der Waals surface area contributed by atoms with E-state index in [-0.39, 0.29) is 0 Å². The van der Waals surface area contributed by atoms with E-state index in [1.807, 2.05) is 35.7 Å². The van der Waals surface area contributed by atoms with Crippen LogP contribution in [0.3, 0.4) is 0 Å². The molecule has 0 radical (unpaired) electrons. The van der Waals surface area contributed by atoms with Crippen molar-refractivity contribution in [3.8, 4) is 39.5 Å². The monoisotopic (exact) mass is 680 g/mol. The molecule has 4 nitrogen and oxygen atoms in total. The number of benzene rings is 7. The average Bonchev–Trinajstić information content (AvgIpc) is 3.78. The average molecular weight is 681 g/mol. The summed E-state index contributed by atoms with van der Waals surface area (Å²) in [5.41, 5.74) is 10.3. The van der Waals surface area contributed by atoms with Crippen molar-refractivity contribution in [1.82, 2.24) is 19.5 Å². The highest BCUT2D eigenvalue weighted by Crippen LogP contribution is 2.47. The molecule has 0 bridgehead atoms. The van der Waals surface area contributed by atoms with Crippen LogP contribution in [-0.2, 0) is 0 Å². The Morgan fingerprint density at radius 3 is 1.90 bits per heavy atom. The molecule has 0 aliphatic rings. The zero-order valence-corrected chi connectivity index (χ0v) is 28.7. The lowest BCUT2D eigenvalue weighted by Crippen LogP contribution is -1.98. The third-order valence-electron chi connectivity index (χ3n) is 10.3. The van der Waals surface area contributed by atoms with E-state index in [0.717, 1.165) is 39.1 Å². The number of thiophene rings is 1. The number of para-hydroxylation sites is 1. The first-order valence-electron chi connectivity index (χ1n) is 17.4.